The average molecular weight is 256 g/mol. The molecular weight excluding hydrogens is 243 g/mol. The Bertz CT molecular complexity index is 748. The van der Waals surface area contributed by atoms with Crippen molar-refractivity contribution in [2.24, 2.45) is 5.73 Å². The van der Waals surface area contributed by atoms with Crippen molar-refractivity contribution in [3.63, 3.8) is 0 Å². The zero-order valence-electron chi connectivity index (χ0n) is 10.4. The zero-order chi connectivity index (χ0) is 13.4. The number of aromatic nitrogens is 3. The van der Waals surface area contributed by atoms with E-state index in [2.05, 4.69) is 15.0 Å². The van der Waals surface area contributed by atoms with Gasteiger partial charge < -0.3 is 10.7 Å². The van der Waals surface area contributed by atoms with E-state index in [9.17, 15) is 4.39 Å². The summed E-state index contributed by atoms with van der Waals surface area (Å²) in [5, 5.41) is 0.860. The van der Waals surface area contributed by atoms with Crippen LogP contribution in [0.1, 0.15) is 11.4 Å². The fourth-order valence-electron chi connectivity index (χ4n) is 2.21. The number of halogens is 1. The second-order valence-corrected chi connectivity index (χ2v) is 4.37. The largest absolute Gasteiger partial charge is 0.346 e. The molecule has 3 rings (SSSR count). The van der Waals surface area contributed by atoms with Gasteiger partial charge in [-0.05, 0) is 24.6 Å². The molecule has 4 nitrogen and oxygen atoms in total. The van der Waals surface area contributed by atoms with Gasteiger partial charge in [0.1, 0.15) is 17.3 Å². The fraction of sp³-hybridized carbons (Fsp3) is 0.143. The molecule has 3 aromatic rings. The third-order valence-electron chi connectivity index (χ3n) is 3.04. The summed E-state index contributed by atoms with van der Waals surface area (Å²) in [6.07, 6.45) is 1.82. The van der Waals surface area contributed by atoms with Crippen LogP contribution in [-0.4, -0.2) is 15.0 Å². The van der Waals surface area contributed by atoms with Crippen LogP contribution in [0.3, 0.4) is 0 Å². The van der Waals surface area contributed by atoms with Gasteiger partial charge in [-0.1, -0.05) is 12.1 Å². The molecule has 0 aliphatic rings. The Balaban J connectivity index is 2.35. The highest BCUT2D eigenvalue weighted by molar-refractivity contribution is 5.93. The van der Waals surface area contributed by atoms with Crippen LogP contribution < -0.4 is 5.73 Å². The summed E-state index contributed by atoms with van der Waals surface area (Å²) in [5.41, 5.74) is 8.82. The minimum Gasteiger partial charge on any atom is -0.346 e. The van der Waals surface area contributed by atoms with Crippen LogP contribution in [0, 0.1) is 12.7 Å². The Hall–Kier alpha value is -2.27. The van der Waals surface area contributed by atoms with E-state index in [0.29, 0.717) is 18.1 Å². The van der Waals surface area contributed by atoms with Gasteiger partial charge in [0.25, 0.3) is 0 Å². The van der Waals surface area contributed by atoms with E-state index in [-0.39, 0.29) is 5.82 Å². The van der Waals surface area contributed by atoms with Gasteiger partial charge in [-0.2, -0.15) is 0 Å². The molecule has 19 heavy (non-hydrogen) atoms. The molecule has 0 spiro atoms. The molecule has 0 fully saturated rings. The number of nitrogens with two attached hydrogens (primary N) is 1. The molecule has 0 saturated carbocycles. The molecule has 3 N–H and O–H groups in total. The van der Waals surface area contributed by atoms with Crippen molar-refractivity contribution in [2.75, 3.05) is 0 Å². The first kappa shape index (κ1) is 11.8. The maximum absolute atomic E-state index is 13.4. The summed E-state index contributed by atoms with van der Waals surface area (Å²) < 4.78 is 13.4. The smallest absolute Gasteiger partial charge is 0.141 e. The molecule has 96 valence electrons. The molecular formula is C14H13FN4. The highest BCUT2D eigenvalue weighted by Crippen LogP contribution is 2.28. The lowest BCUT2D eigenvalue weighted by atomic mass is 10.1. The van der Waals surface area contributed by atoms with E-state index in [1.807, 2.05) is 19.2 Å². The molecule has 0 saturated heterocycles. The van der Waals surface area contributed by atoms with Gasteiger partial charge in [-0.15, -0.1) is 0 Å². The predicted octanol–water partition coefficient (Wildman–Crippen LogP) is 2.53. The number of H-pyrrole nitrogens is 1. The van der Waals surface area contributed by atoms with Crippen LogP contribution in [0.15, 0.2) is 30.5 Å². The van der Waals surface area contributed by atoms with E-state index in [1.165, 1.54) is 12.1 Å². The van der Waals surface area contributed by atoms with Crippen LogP contribution >= 0.6 is 0 Å². The predicted molar refractivity (Wildman–Crippen MR) is 71.9 cm³/mol. The highest BCUT2D eigenvalue weighted by atomic mass is 19.1. The number of hydrogen-bond acceptors (Lipinski definition) is 3. The van der Waals surface area contributed by atoms with Crippen LogP contribution in [0.25, 0.3) is 22.3 Å². The first-order valence-electron chi connectivity index (χ1n) is 5.99. The van der Waals surface area contributed by atoms with E-state index in [4.69, 9.17) is 5.73 Å². The minimum absolute atomic E-state index is 0.285. The topological polar surface area (TPSA) is 67.6 Å². The summed E-state index contributed by atoms with van der Waals surface area (Å²) in [4.78, 5) is 11.9. The van der Waals surface area contributed by atoms with Crippen LogP contribution in [0.4, 0.5) is 4.39 Å². The number of rotatable bonds is 2. The molecule has 0 amide bonds. The standard InChI is InChI=1S/C14H13FN4/c1-8-18-13(9-3-2-4-11(15)5-9)12-10(6-16)7-17-14(12)19-8/h2-5,7H,6,16H2,1H3,(H,17,18,19). The monoisotopic (exact) mass is 256 g/mol. The van der Waals surface area contributed by atoms with Crippen molar-refractivity contribution in [3.8, 4) is 11.3 Å². The number of fused-ring (bicyclic) bond motifs is 1. The third-order valence-corrected chi connectivity index (χ3v) is 3.04. The number of nitrogens with zero attached hydrogens (tertiary/aromatic N) is 2. The zero-order valence-corrected chi connectivity index (χ0v) is 10.4. The van der Waals surface area contributed by atoms with Gasteiger partial charge in [0.2, 0.25) is 0 Å². The van der Waals surface area contributed by atoms with Gasteiger partial charge in [0, 0.05) is 23.7 Å². The first-order valence-corrected chi connectivity index (χ1v) is 5.99. The normalized spacial score (nSPS) is 11.1. The van der Waals surface area contributed by atoms with Crippen molar-refractivity contribution in [1.29, 1.82) is 0 Å². The molecule has 0 aliphatic carbocycles. The summed E-state index contributed by atoms with van der Waals surface area (Å²) in [6, 6.07) is 6.38. The molecule has 0 aliphatic heterocycles. The quantitative estimate of drug-likeness (QED) is 0.740. The molecule has 0 radical (unpaired) electrons. The maximum atomic E-state index is 13.4. The number of nitrogens with one attached hydrogen (secondary N) is 1. The highest BCUT2D eigenvalue weighted by Gasteiger charge is 2.13. The number of aromatic amines is 1. The number of aryl methyl sites for hydroxylation is 1. The molecule has 1 aromatic carbocycles. The van der Waals surface area contributed by atoms with Crippen LogP contribution in [-0.2, 0) is 6.54 Å². The lowest BCUT2D eigenvalue weighted by Gasteiger charge is -2.06. The fourth-order valence-corrected chi connectivity index (χ4v) is 2.21. The first-order chi connectivity index (χ1) is 9.19. The second-order valence-electron chi connectivity index (χ2n) is 4.37. The molecule has 2 aromatic heterocycles. The average Bonchev–Trinajstić information content (AvgIpc) is 2.80. The summed E-state index contributed by atoms with van der Waals surface area (Å²) in [6.45, 7) is 2.19. The van der Waals surface area contributed by atoms with Gasteiger partial charge >= 0.3 is 0 Å². The second kappa shape index (κ2) is 4.44. The molecule has 0 bridgehead atoms. The lowest BCUT2D eigenvalue weighted by molar-refractivity contribution is 0.628. The van der Waals surface area contributed by atoms with Gasteiger partial charge in [0.15, 0.2) is 0 Å². The van der Waals surface area contributed by atoms with E-state index in [1.54, 1.807) is 6.07 Å². The Morgan fingerprint density at radius 1 is 1.32 bits per heavy atom. The lowest BCUT2D eigenvalue weighted by Crippen LogP contribution is -1.98. The Kier molecular flexibility index (Phi) is 2.76. The SMILES string of the molecule is Cc1nc(-c2cccc(F)c2)c2c(CN)c[nH]c2n1. The maximum Gasteiger partial charge on any atom is 0.141 e. The van der Waals surface area contributed by atoms with E-state index < -0.39 is 0 Å². The molecule has 5 heteroatoms. The van der Waals surface area contributed by atoms with Gasteiger partial charge in [-0.3, -0.25) is 0 Å². The molecule has 2 heterocycles. The van der Waals surface area contributed by atoms with Crippen molar-refractivity contribution < 1.29 is 4.39 Å². The summed E-state index contributed by atoms with van der Waals surface area (Å²) in [5.74, 6) is 0.351. The van der Waals surface area contributed by atoms with Crippen molar-refractivity contribution in [2.45, 2.75) is 13.5 Å². The van der Waals surface area contributed by atoms with E-state index >= 15 is 0 Å². The Morgan fingerprint density at radius 2 is 2.16 bits per heavy atom. The number of hydrogen-bond donors (Lipinski definition) is 2. The van der Waals surface area contributed by atoms with Crippen LogP contribution in [0.2, 0.25) is 0 Å². The van der Waals surface area contributed by atoms with Crippen molar-refractivity contribution in [1.82, 2.24) is 15.0 Å². The summed E-state index contributed by atoms with van der Waals surface area (Å²) >= 11 is 0. The third kappa shape index (κ3) is 1.98. The van der Waals surface area contributed by atoms with Crippen molar-refractivity contribution in [3.05, 3.63) is 47.7 Å². The Morgan fingerprint density at radius 3 is 2.89 bits per heavy atom. The molecule has 0 atom stereocenters. The minimum atomic E-state index is -0.285. The van der Waals surface area contributed by atoms with E-state index in [0.717, 1.165) is 22.2 Å². The van der Waals surface area contributed by atoms with Gasteiger partial charge in [0.05, 0.1) is 5.69 Å². The van der Waals surface area contributed by atoms with Crippen molar-refractivity contribution >= 4 is 11.0 Å². The summed E-state index contributed by atoms with van der Waals surface area (Å²) in [7, 11) is 0. The van der Waals surface area contributed by atoms with Crippen LogP contribution in [0.5, 0.6) is 0 Å². The number of benzene rings is 1. The Labute approximate surface area is 109 Å². The van der Waals surface area contributed by atoms with Gasteiger partial charge in [-0.25, -0.2) is 14.4 Å². The molecule has 0 unspecified atom stereocenters.